The van der Waals surface area contributed by atoms with E-state index >= 15 is 0 Å². The van der Waals surface area contributed by atoms with Crippen LogP contribution in [0.15, 0.2) is 358 Å². The van der Waals surface area contributed by atoms with Gasteiger partial charge in [-0.2, -0.15) is 0 Å². The maximum Gasteiger partial charge on any atom is 0.141 e. The Morgan fingerprint density at radius 2 is 0.481 bits per heavy atom. The van der Waals surface area contributed by atoms with Gasteiger partial charge in [-0.15, -0.1) is 0 Å². The average Bonchev–Trinajstić information content (AvgIpc) is 1.57. The molecule has 0 atom stereocenters. The summed E-state index contributed by atoms with van der Waals surface area (Å²) in [5.41, 5.74) is 19.4. The maximum atomic E-state index is 4.55. The average molecular weight is 1720 g/mol. The second-order valence-electron chi connectivity index (χ2n) is 41.9. The van der Waals surface area contributed by atoms with Crippen molar-refractivity contribution in [2.24, 2.45) is 0 Å². The Morgan fingerprint density at radius 1 is 0.176 bits per heavy atom. The molecule has 10 heteroatoms. The van der Waals surface area contributed by atoms with Crippen LogP contribution in [0.1, 0.15) is 145 Å². The van der Waals surface area contributed by atoms with Crippen LogP contribution in [0, 0.1) is 0 Å². The van der Waals surface area contributed by atoms with Gasteiger partial charge in [0.2, 0.25) is 0 Å². The van der Waals surface area contributed by atoms with Crippen molar-refractivity contribution in [1.29, 1.82) is 0 Å². The molecular formula is C121H122N10. The Hall–Kier alpha value is -14.1. The highest BCUT2D eigenvalue weighted by Crippen LogP contribution is 2.44. The van der Waals surface area contributed by atoms with E-state index < -0.39 is 0 Å². The lowest BCUT2D eigenvalue weighted by Gasteiger charge is -2.24. The van der Waals surface area contributed by atoms with Crippen molar-refractivity contribution < 1.29 is 0 Å². The molecule has 10 aromatic heterocycles. The number of para-hydroxylation sites is 8. The van der Waals surface area contributed by atoms with Gasteiger partial charge in [-0.1, -0.05) is 237 Å². The molecule has 0 saturated carbocycles. The minimum absolute atomic E-state index is 0.0374. The summed E-state index contributed by atoms with van der Waals surface area (Å²) in [6, 6.07) is 119. The third kappa shape index (κ3) is 16.3. The zero-order valence-corrected chi connectivity index (χ0v) is 80.0. The minimum atomic E-state index is 0.0374. The van der Waals surface area contributed by atoms with Gasteiger partial charge in [-0.3, -0.25) is 9.97 Å². The van der Waals surface area contributed by atoms with Gasteiger partial charge in [0.05, 0.1) is 44.1 Å². The molecule has 10 heterocycles. The smallest absolute Gasteiger partial charge is 0.141 e. The quantitative estimate of drug-likeness (QED) is 0.152. The first kappa shape index (κ1) is 87.6. The van der Waals surface area contributed by atoms with Gasteiger partial charge in [-0.25, -0.2) is 4.98 Å². The van der Waals surface area contributed by atoms with E-state index in [0.29, 0.717) is 0 Å². The van der Waals surface area contributed by atoms with Crippen molar-refractivity contribution in [2.75, 3.05) is 0 Å². The number of hydrogen-bond donors (Lipinski definition) is 0. The van der Waals surface area contributed by atoms with E-state index in [1.807, 2.05) is 36.9 Å². The summed E-state index contributed by atoms with van der Waals surface area (Å²) >= 11 is 0. The summed E-state index contributed by atoms with van der Waals surface area (Å²) in [6.45, 7) is 47.3. The first-order valence-electron chi connectivity index (χ1n) is 46.3. The molecule has 0 aliphatic rings. The molecule has 0 amide bonds. The van der Waals surface area contributed by atoms with Crippen molar-refractivity contribution in [3.8, 4) is 0 Å². The number of fused-ring (bicyclic) bond motifs is 26. The molecule has 0 aliphatic carbocycles. The highest BCUT2D eigenvalue weighted by Gasteiger charge is 2.29. The summed E-state index contributed by atoms with van der Waals surface area (Å²) in [5, 5.41) is 25.0. The standard InChI is InChI=1S/3C20H19N.C16H17N.3C15H16N2/c1-20(2,3)21-18-11-7-6-10-16(18)17-12-14-8-4-5-9-15(14)13-19(17)21;1-20(2,3)21-18-11-7-6-10-16(18)17-13-12-14-8-4-5-9-15(14)19(17)21;1-20(2,3)21-17-11-7-6-10-16(17)19-15-9-5-4-8-14(15)12-13-18(19)21;1-16(2,3)17-14-10-6-4-8-12(14)13-9-5-7-11-15(13)17;1-15(2,3)17-13-9-5-4-7-11(13)12-8-6-10-16-14(12)17;1-15(2,3)17-12-8-5-4-7-11(12)14-13(17)9-6-10-16-14;1-15(2,3)17-13-7-5-4-6-11(13)12-10-16-9-8-14(12)17/h3*4-13H,1-3H3;4-11H,1-3H3;3*4-10H,1-3H3. The number of pyridine rings is 3. The Morgan fingerprint density at radius 3 is 0.977 bits per heavy atom. The second-order valence-corrected chi connectivity index (χ2v) is 41.9. The third-order valence-electron chi connectivity index (χ3n) is 25.3. The van der Waals surface area contributed by atoms with Crippen LogP contribution in [-0.2, 0) is 38.8 Å². The van der Waals surface area contributed by atoms with E-state index in [1.165, 1.54) is 174 Å². The zero-order valence-electron chi connectivity index (χ0n) is 80.0. The fraction of sp³-hybridized carbons (Fsp3) is 0.231. The fourth-order valence-electron chi connectivity index (χ4n) is 20.4. The molecule has 0 radical (unpaired) electrons. The van der Waals surface area contributed by atoms with Crippen molar-refractivity contribution in [2.45, 2.75) is 184 Å². The highest BCUT2D eigenvalue weighted by atomic mass is 15.1. The van der Waals surface area contributed by atoms with Crippen molar-refractivity contribution in [3.63, 3.8) is 0 Å². The van der Waals surface area contributed by atoms with Crippen LogP contribution in [0.2, 0.25) is 0 Å². The van der Waals surface area contributed by atoms with E-state index in [0.717, 1.165) is 11.2 Å². The monoisotopic (exact) mass is 1710 g/mol. The number of hydrogen-bond acceptors (Lipinski definition) is 3. The third-order valence-corrected chi connectivity index (χ3v) is 25.3. The maximum absolute atomic E-state index is 4.55. The molecular weight excluding hydrogens is 1590 g/mol. The first-order chi connectivity index (χ1) is 62.6. The van der Waals surface area contributed by atoms with Crippen molar-refractivity contribution in [1.82, 2.24) is 46.9 Å². The predicted molar refractivity (Wildman–Crippen MR) is 567 cm³/mol. The van der Waals surface area contributed by atoms with Crippen LogP contribution < -0.4 is 0 Å². The predicted octanol–water partition coefficient (Wildman–Crippen LogP) is 33.5. The largest absolute Gasteiger partial charge is 0.335 e. The SMILES string of the molecule is CC(C)(C)n1c2ccccc2c2c3ccccc3ccc21.CC(C)(C)n1c2ccccc2c2cc3ccccc3cc21.CC(C)(C)n1c2ccccc2c2ccc3ccccc3c21.CC(C)(C)n1c2ccccc2c2ccccc21.CC(C)(C)n1c2ccccc2c2cccnc21.CC(C)(C)n1c2ccccc2c2cnccc21.CC(C)(C)n1c2ccccc2c2ncccc21. The van der Waals surface area contributed by atoms with Gasteiger partial charge in [0.15, 0.2) is 0 Å². The van der Waals surface area contributed by atoms with Gasteiger partial charge < -0.3 is 32.0 Å². The minimum Gasteiger partial charge on any atom is -0.335 e. The van der Waals surface area contributed by atoms with Crippen molar-refractivity contribution in [3.05, 3.63) is 358 Å². The Labute approximate surface area is 769 Å². The van der Waals surface area contributed by atoms with Gasteiger partial charge >= 0.3 is 0 Å². The van der Waals surface area contributed by atoms with Crippen LogP contribution in [0.3, 0.4) is 0 Å². The Balaban J connectivity index is 0.000000103. The zero-order chi connectivity index (χ0) is 92.0. The summed E-state index contributed by atoms with van der Waals surface area (Å²) in [6.07, 6.45) is 7.55. The normalized spacial score (nSPS) is 12.5. The van der Waals surface area contributed by atoms with E-state index in [-0.39, 0.29) is 38.8 Å². The van der Waals surface area contributed by atoms with Gasteiger partial charge in [0.1, 0.15) is 5.65 Å². The van der Waals surface area contributed by atoms with E-state index in [2.05, 4.69) is 514 Å². The molecule has 0 bridgehead atoms. The molecule has 24 rings (SSSR count). The Bertz CT molecular complexity index is 7650. The lowest BCUT2D eigenvalue weighted by Crippen LogP contribution is -2.21. The summed E-state index contributed by atoms with van der Waals surface area (Å²) < 4.78 is 16.9. The molecule has 0 spiro atoms. The lowest BCUT2D eigenvalue weighted by molar-refractivity contribution is 0.420. The lowest BCUT2D eigenvalue weighted by atomic mass is 10.0. The molecule has 24 aromatic rings. The molecule has 0 unspecified atom stereocenters. The molecule has 0 saturated heterocycles. The summed E-state index contributed by atoms with van der Waals surface area (Å²) in [5.74, 6) is 0. The molecule has 656 valence electrons. The second kappa shape index (κ2) is 33.8. The van der Waals surface area contributed by atoms with Crippen LogP contribution in [0.4, 0.5) is 0 Å². The van der Waals surface area contributed by atoms with E-state index in [1.54, 1.807) is 0 Å². The number of benzene rings is 14. The Kier molecular flexibility index (Phi) is 22.6. The molecule has 131 heavy (non-hydrogen) atoms. The van der Waals surface area contributed by atoms with Crippen molar-refractivity contribution >= 4 is 185 Å². The van der Waals surface area contributed by atoms with Crippen LogP contribution in [-0.4, -0.2) is 46.9 Å². The first-order valence-corrected chi connectivity index (χ1v) is 46.3. The molecule has 14 aromatic carbocycles. The van der Waals surface area contributed by atoms with Crippen LogP contribution in [0.5, 0.6) is 0 Å². The van der Waals surface area contributed by atoms with Gasteiger partial charge in [0, 0.05) is 172 Å². The summed E-state index contributed by atoms with van der Waals surface area (Å²) in [7, 11) is 0. The number of rotatable bonds is 0. The molecule has 0 fully saturated rings. The van der Waals surface area contributed by atoms with E-state index in [9.17, 15) is 0 Å². The number of nitrogens with zero attached hydrogens (tertiary/aromatic N) is 10. The van der Waals surface area contributed by atoms with Gasteiger partial charge in [0.25, 0.3) is 0 Å². The van der Waals surface area contributed by atoms with Crippen LogP contribution in [0.25, 0.3) is 185 Å². The molecule has 10 nitrogen and oxygen atoms in total. The van der Waals surface area contributed by atoms with Crippen LogP contribution >= 0.6 is 0 Å². The van der Waals surface area contributed by atoms with E-state index in [4.69, 9.17) is 0 Å². The molecule has 0 aliphatic heterocycles. The topological polar surface area (TPSA) is 73.2 Å². The highest BCUT2D eigenvalue weighted by molar-refractivity contribution is 6.22. The van der Waals surface area contributed by atoms with Gasteiger partial charge in [-0.05, 0) is 269 Å². The number of aromatic nitrogens is 10. The summed E-state index contributed by atoms with van der Waals surface area (Å²) in [4.78, 5) is 13.3. The fourth-order valence-corrected chi connectivity index (χ4v) is 20.4. The molecule has 0 N–H and O–H groups in total.